The minimum Gasteiger partial charge on any atom is -0.465 e. The van der Waals surface area contributed by atoms with E-state index in [2.05, 4.69) is 21.3 Å². The van der Waals surface area contributed by atoms with Crippen LogP contribution in [0, 0.1) is 0 Å². The summed E-state index contributed by atoms with van der Waals surface area (Å²) in [6.07, 6.45) is 2.82. The quantitative estimate of drug-likeness (QED) is 0.204. The van der Waals surface area contributed by atoms with Gasteiger partial charge in [-0.1, -0.05) is 78.9 Å². The molecule has 3 aromatic rings. The number of ether oxygens (including phenoxy) is 2. The van der Waals surface area contributed by atoms with E-state index < -0.39 is 24.0 Å². The number of hydrogen-bond donors (Lipinski definition) is 5. The van der Waals surface area contributed by atoms with E-state index in [9.17, 15) is 19.5 Å². The smallest absolute Gasteiger partial charge is 0.407 e. The van der Waals surface area contributed by atoms with Gasteiger partial charge in [0.1, 0.15) is 12.6 Å². The maximum atomic E-state index is 13.8. The first-order valence-corrected chi connectivity index (χ1v) is 15.2. The lowest BCUT2D eigenvalue weighted by Crippen LogP contribution is -2.50. The SMILES string of the molecule is O=C(O)N[C@H](C(=O)Nc1ccccc1CC[C@@H]1CN[C@H](COC(=O)NC2CCC2)CO1)C(c1ccccc1)c1ccccc1. The Hall–Kier alpha value is -4.41. The van der Waals surface area contributed by atoms with Gasteiger partial charge >= 0.3 is 12.2 Å². The number of carboxylic acid groups (broad SMARTS) is 1. The third-order valence-electron chi connectivity index (χ3n) is 8.23. The Morgan fingerprint density at radius 2 is 1.59 bits per heavy atom. The van der Waals surface area contributed by atoms with Crippen LogP contribution in [0.3, 0.4) is 0 Å². The predicted molar refractivity (Wildman–Crippen MR) is 167 cm³/mol. The summed E-state index contributed by atoms with van der Waals surface area (Å²) in [5.41, 5.74) is 3.20. The van der Waals surface area contributed by atoms with Gasteiger partial charge in [-0.2, -0.15) is 0 Å². The van der Waals surface area contributed by atoms with Crippen molar-refractivity contribution in [2.75, 3.05) is 25.1 Å². The van der Waals surface area contributed by atoms with Gasteiger partial charge in [-0.25, -0.2) is 9.59 Å². The first-order valence-electron chi connectivity index (χ1n) is 15.2. The van der Waals surface area contributed by atoms with Gasteiger partial charge in [-0.05, 0) is 54.9 Å². The van der Waals surface area contributed by atoms with Gasteiger partial charge in [0.05, 0.1) is 18.8 Å². The number of hydrogen-bond acceptors (Lipinski definition) is 6. The van der Waals surface area contributed by atoms with E-state index in [1.807, 2.05) is 84.9 Å². The molecule has 3 aromatic carbocycles. The number of alkyl carbamates (subject to hydrolysis) is 1. The Kier molecular flexibility index (Phi) is 10.8. The number of carbonyl (C=O) groups is 3. The second kappa shape index (κ2) is 15.4. The molecule has 1 heterocycles. The van der Waals surface area contributed by atoms with Gasteiger partial charge in [0, 0.05) is 24.2 Å². The first-order chi connectivity index (χ1) is 21.5. The van der Waals surface area contributed by atoms with Crippen molar-refractivity contribution < 1.29 is 29.0 Å². The molecule has 5 N–H and O–H groups in total. The molecule has 1 aliphatic heterocycles. The molecule has 1 saturated heterocycles. The van der Waals surface area contributed by atoms with Gasteiger partial charge in [-0.15, -0.1) is 0 Å². The van der Waals surface area contributed by atoms with Crippen LogP contribution in [0.4, 0.5) is 15.3 Å². The summed E-state index contributed by atoms with van der Waals surface area (Å²) < 4.78 is 11.4. The molecule has 10 heteroatoms. The molecule has 1 aliphatic carbocycles. The summed E-state index contributed by atoms with van der Waals surface area (Å²) in [5, 5.41) is 21.5. The van der Waals surface area contributed by atoms with Crippen molar-refractivity contribution in [3.05, 3.63) is 102 Å². The normalized spacial score (nSPS) is 18.9. The number of rotatable bonds is 12. The molecule has 0 bridgehead atoms. The van der Waals surface area contributed by atoms with Crippen LogP contribution in [0.25, 0.3) is 0 Å². The molecule has 0 aromatic heterocycles. The highest BCUT2D eigenvalue weighted by molar-refractivity contribution is 5.98. The van der Waals surface area contributed by atoms with Crippen molar-refractivity contribution in [1.29, 1.82) is 0 Å². The van der Waals surface area contributed by atoms with Gasteiger partial charge in [0.15, 0.2) is 0 Å². The number of nitrogens with one attached hydrogen (secondary N) is 4. The molecule has 10 nitrogen and oxygen atoms in total. The van der Waals surface area contributed by atoms with Crippen LogP contribution in [0.1, 0.15) is 48.3 Å². The van der Waals surface area contributed by atoms with Crippen molar-refractivity contribution in [2.45, 2.75) is 62.3 Å². The van der Waals surface area contributed by atoms with Crippen LogP contribution in [-0.2, 0) is 20.7 Å². The maximum absolute atomic E-state index is 13.8. The van der Waals surface area contributed by atoms with E-state index in [0.717, 1.165) is 36.0 Å². The topological polar surface area (TPSA) is 138 Å². The third-order valence-corrected chi connectivity index (χ3v) is 8.23. The molecule has 2 aliphatic rings. The fourth-order valence-electron chi connectivity index (χ4n) is 5.62. The highest BCUT2D eigenvalue weighted by Crippen LogP contribution is 2.30. The molecule has 44 heavy (non-hydrogen) atoms. The van der Waals surface area contributed by atoms with E-state index in [4.69, 9.17) is 9.47 Å². The fourth-order valence-corrected chi connectivity index (χ4v) is 5.62. The zero-order valence-corrected chi connectivity index (χ0v) is 24.6. The second-order valence-electron chi connectivity index (χ2n) is 11.3. The number of carbonyl (C=O) groups excluding carboxylic acids is 2. The molecule has 5 rings (SSSR count). The van der Waals surface area contributed by atoms with Crippen LogP contribution in [0.5, 0.6) is 0 Å². The maximum Gasteiger partial charge on any atom is 0.407 e. The number of amides is 3. The standard InChI is InChI=1S/C34H40N4O6/c39-32(31(38-33(40)41)30(24-11-3-1-4-12-24)25-13-5-2-6-14-25)37-29-17-8-7-10-23(29)18-19-28-20-35-27(21-43-28)22-44-34(42)36-26-15-9-16-26/h1-8,10-14,17,26-28,30-31,35,38H,9,15-16,18-22H2,(H,36,42)(H,37,39)(H,40,41)/t27-,28+,31-/m0/s1. The number of morpholine rings is 1. The number of anilines is 1. The summed E-state index contributed by atoms with van der Waals surface area (Å²) >= 11 is 0. The zero-order valence-electron chi connectivity index (χ0n) is 24.6. The molecule has 0 radical (unpaired) electrons. The molecular formula is C34H40N4O6. The Bertz CT molecular complexity index is 1340. The molecular weight excluding hydrogens is 560 g/mol. The van der Waals surface area contributed by atoms with Crippen LogP contribution < -0.4 is 21.3 Å². The van der Waals surface area contributed by atoms with Crippen molar-refractivity contribution in [2.24, 2.45) is 0 Å². The largest absolute Gasteiger partial charge is 0.465 e. The summed E-state index contributed by atoms with van der Waals surface area (Å²) in [5.74, 6) is -0.985. The van der Waals surface area contributed by atoms with Gasteiger partial charge in [0.25, 0.3) is 0 Å². The minimum absolute atomic E-state index is 0.0409. The van der Waals surface area contributed by atoms with Crippen molar-refractivity contribution in [3.8, 4) is 0 Å². The number of para-hydroxylation sites is 1. The lowest BCUT2D eigenvalue weighted by atomic mass is 9.84. The average molecular weight is 601 g/mol. The molecule has 232 valence electrons. The third kappa shape index (κ3) is 8.58. The fraction of sp³-hybridized carbons (Fsp3) is 0.382. The molecule has 2 fully saturated rings. The summed E-state index contributed by atoms with van der Waals surface area (Å²) in [7, 11) is 0. The van der Waals surface area contributed by atoms with Crippen LogP contribution >= 0.6 is 0 Å². The predicted octanol–water partition coefficient (Wildman–Crippen LogP) is 4.66. The van der Waals surface area contributed by atoms with Gasteiger partial charge in [0.2, 0.25) is 5.91 Å². The molecule has 1 saturated carbocycles. The van der Waals surface area contributed by atoms with Gasteiger partial charge in [-0.3, -0.25) is 4.79 Å². The lowest BCUT2D eigenvalue weighted by Gasteiger charge is -2.31. The van der Waals surface area contributed by atoms with Crippen LogP contribution in [0.2, 0.25) is 0 Å². The Labute approximate surface area is 257 Å². The van der Waals surface area contributed by atoms with E-state index in [0.29, 0.717) is 31.7 Å². The molecule has 0 spiro atoms. The van der Waals surface area contributed by atoms with Gasteiger partial charge < -0.3 is 35.8 Å². The Balaban J connectivity index is 1.19. The highest BCUT2D eigenvalue weighted by atomic mass is 16.6. The average Bonchev–Trinajstić information content (AvgIpc) is 3.02. The summed E-state index contributed by atoms with van der Waals surface area (Å²) in [6, 6.07) is 25.5. The van der Waals surface area contributed by atoms with E-state index in [-0.39, 0.29) is 30.9 Å². The highest BCUT2D eigenvalue weighted by Gasteiger charge is 2.33. The van der Waals surface area contributed by atoms with Crippen molar-refractivity contribution in [3.63, 3.8) is 0 Å². The van der Waals surface area contributed by atoms with E-state index in [1.54, 1.807) is 0 Å². The van der Waals surface area contributed by atoms with Crippen molar-refractivity contribution >= 4 is 23.8 Å². The molecule has 0 unspecified atom stereocenters. The van der Waals surface area contributed by atoms with E-state index in [1.165, 1.54) is 0 Å². The molecule has 3 atom stereocenters. The number of aryl methyl sites for hydroxylation is 1. The van der Waals surface area contributed by atoms with Crippen LogP contribution in [-0.4, -0.2) is 67.2 Å². The number of benzene rings is 3. The second-order valence-corrected chi connectivity index (χ2v) is 11.3. The zero-order chi connectivity index (χ0) is 30.7. The monoisotopic (exact) mass is 600 g/mol. The Morgan fingerprint density at radius 3 is 2.18 bits per heavy atom. The van der Waals surface area contributed by atoms with Crippen LogP contribution in [0.15, 0.2) is 84.9 Å². The summed E-state index contributed by atoms with van der Waals surface area (Å²) in [4.78, 5) is 37.6. The lowest BCUT2D eigenvalue weighted by molar-refractivity contribution is -0.118. The minimum atomic E-state index is -1.28. The Morgan fingerprint density at radius 1 is 0.932 bits per heavy atom. The van der Waals surface area contributed by atoms with Crippen molar-refractivity contribution in [1.82, 2.24) is 16.0 Å². The van der Waals surface area contributed by atoms with E-state index >= 15 is 0 Å². The summed E-state index contributed by atoms with van der Waals surface area (Å²) in [6.45, 7) is 1.30. The first kappa shape index (κ1) is 31.0. The molecule has 3 amide bonds.